The van der Waals surface area contributed by atoms with E-state index >= 15 is 0 Å². The predicted molar refractivity (Wildman–Crippen MR) is 115 cm³/mol. The fourth-order valence-corrected chi connectivity index (χ4v) is 3.04. The van der Waals surface area contributed by atoms with E-state index in [-0.39, 0.29) is 11.9 Å². The summed E-state index contributed by atoms with van der Waals surface area (Å²) < 4.78 is 0. The number of carbonyl (C=O) groups excluding carboxylic acids is 3. The van der Waals surface area contributed by atoms with Gasteiger partial charge in [-0.2, -0.15) is 0 Å². The van der Waals surface area contributed by atoms with Crippen LogP contribution in [0, 0.1) is 6.92 Å². The highest BCUT2D eigenvalue weighted by atomic mass is 16.2. The van der Waals surface area contributed by atoms with E-state index in [2.05, 4.69) is 16.0 Å². The number of amides is 3. The van der Waals surface area contributed by atoms with E-state index in [1.54, 1.807) is 18.2 Å². The Hall–Kier alpha value is -3.67. The molecule has 0 heterocycles. The van der Waals surface area contributed by atoms with Gasteiger partial charge in [0.2, 0.25) is 5.91 Å². The minimum Gasteiger partial charge on any atom is -0.341 e. The molecule has 0 aliphatic carbocycles. The van der Waals surface area contributed by atoms with Crippen molar-refractivity contribution < 1.29 is 14.4 Å². The van der Waals surface area contributed by atoms with Gasteiger partial charge < -0.3 is 16.0 Å². The third-order valence-electron chi connectivity index (χ3n) is 4.63. The number of hydrogen-bond acceptors (Lipinski definition) is 3. The van der Waals surface area contributed by atoms with Crippen molar-refractivity contribution >= 4 is 39.9 Å². The maximum Gasteiger partial charge on any atom is 0.313 e. The number of rotatable bonds is 4. The molecule has 3 rings (SSSR count). The molecule has 0 aliphatic heterocycles. The van der Waals surface area contributed by atoms with Crippen molar-refractivity contribution in [2.24, 2.45) is 0 Å². The average Bonchev–Trinajstić information content (AvgIpc) is 2.69. The molecule has 6 nitrogen and oxygen atoms in total. The van der Waals surface area contributed by atoms with Gasteiger partial charge >= 0.3 is 11.8 Å². The molecule has 3 N–H and O–H groups in total. The fraction of sp³-hybridized carbons (Fsp3) is 0.174. The van der Waals surface area contributed by atoms with Crippen LogP contribution in [0.5, 0.6) is 0 Å². The van der Waals surface area contributed by atoms with Gasteiger partial charge in [-0.25, -0.2) is 0 Å². The van der Waals surface area contributed by atoms with E-state index in [0.29, 0.717) is 11.4 Å². The first kappa shape index (κ1) is 20.1. The van der Waals surface area contributed by atoms with Gasteiger partial charge in [0, 0.05) is 18.3 Å². The van der Waals surface area contributed by atoms with E-state index in [1.807, 2.05) is 56.3 Å². The van der Waals surface area contributed by atoms with Crippen molar-refractivity contribution in [2.45, 2.75) is 26.8 Å². The summed E-state index contributed by atoms with van der Waals surface area (Å²) in [5, 5.41) is 10.2. The maximum absolute atomic E-state index is 12.4. The molecule has 0 bridgehead atoms. The molecular weight excluding hydrogens is 366 g/mol. The topological polar surface area (TPSA) is 87.3 Å². The lowest BCUT2D eigenvalue weighted by Gasteiger charge is -2.16. The fourth-order valence-electron chi connectivity index (χ4n) is 3.04. The molecule has 1 unspecified atom stereocenters. The lowest BCUT2D eigenvalue weighted by Crippen LogP contribution is -2.37. The molecule has 0 radical (unpaired) electrons. The van der Waals surface area contributed by atoms with Gasteiger partial charge in [0.15, 0.2) is 0 Å². The monoisotopic (exact) mass is 389 g/mol. The summed E-state index contributed by atoms with van der Waals surface area (Å²) in [4.78, 5) is 36.0. The molecule has 0 spiro atoms. The van der Waals surface area contributed by atoms with Crippen molar-refractivity contribution in [3.8, 4) is 0 Å². The Labute approximate surface area is 169 Å². The van der Waals surface area contributed by atoms with Gasteiger partial charge in [-0.1, -0.05) is 42.5 Å². The highest BCUT2D eigenvalue weighted by Gasteiger charge is 2.18. The lowest BCUT2D eigenvalue weighted by molar-refractivity contribution is -0.136. The normalized spacial score (nSPS) is 11.6. The first-order valence-electron chi connectivity index (χ1n) is 9.32. The number of aryl methyl sites for hydroxylation is 1. The lowest BCUT2D eigenvalue weighted by atomic mass is 10.0. The molecule has 3 aromatic rings. The van der Waals surface area contributed by atoms with Crippen LogP contribution in [0.15, 0.2) is 60.7 Å². The van der Waals surface area contributed by atoms with Crippen LogP contribution in [-0.4, -0.2) is 17.7 Å². The molecular formula is C23H23N3O3. The summed E-state index contributed by atoms with van der Waals surface area (Å²) in [6, 6.07) is 18.7. The van der Waals surface area contributed by atoms with Crippen LogP contribution >= 0.6 is 0 Å². The summed E-state index contributed by atoms with van der Waals surface area (Å²) >= 11 is 0. The standard InChI is InChI=1S/C23H23N3O3/c1-14-8-11-20(25-16(3)27)13-21(14)26-23(29)22(28)24-15(2)18-10-9-17-6-4-5-7-19(17)12-18/h4-13,15H,1-3H3,(H,24,28)(H,25,27)(H,26,29). The van der Waals surface area contributed by atoms with E-state index in [1.165, 1.54) is 6.92 Å². The van der Waals surface area contributed by atoms with Crippen LogP contribution in [0.1, 0.15) is 31.0 Å². The first-order chi connectivity index (χ1) is 13.8. The molecule has 0 aromatic heterocycles. The molecule has 1 atom stereocenters. The van der Waals surface area contributed by atoms with Crippen LogP contribution < -0.4 is 16.0 Å². The number of anilines is 2. The van der Waals surface area contributed by atoms with E-state index in [4.69, 9.17) is 0 Å². The summed E-state index contributed by atoms with van der Waals surface area (Å²) in [6.07, 6.45) is 0. The molecule has 3 aromatic carbocycles. The SMILES string of the molecule is CC(=O)Nc1ccc(C)c(NC(=O)C(=O)NC(C)c2ccc3ccccc3c2)c1. The second kappa shape index (κ2) is 8.56. The Balaban J connectivity index is 1.68. The Morgan fingerprint density at radius 3 is 2.28 bits per heavy atom. The highest BCUT2D eigenvalue weighted by Crippen LogP contribution is 2.22. The van der Waals surface area contributed by atoms with Gasteiger partial charge in [0.05, 0.1) is 6.04 Å². The largest absolute Gasteiger partial charge is 0.341 e. The Bertz CT molecular complexity index is 1090. The zero-order valence-electron chi connectivity index (χ0n) is 16.6. The summed E-state index contributed by atoms with van der Waals surface area (Å²) in [7, 11) is 0. The number of nitrogens with one attached hydrogen (secondary N) is 3. The highest BCUT2D eigenvalue weighted by molar-refractivity contribution is 6.39. The van der Waals surface area contributed by atoms with E-state index in [0.717, 1.165) is 21.9 Å². The molecule has 3 amide bonds. The Kier molecular flexibility index (Phi) is 5.93. The van der Waals surface area contributed by atoms with Crippen molar-refractivity contribution in [1.29, 1.82) is 0 Å². The second-order valence-corrected chi connectivity index (χ2v) is 6.97. The minimum atomic E-state index is -0.763. The van der Waals surface area contributed by atoms with Gasteiger partial charge in [-0.3, -0.25) is 14.4 Å². The van der Waals surface area contributed by atoms with Crippen LogP contribution in [0.25, 0.3) is 10.8 Å². The summed E-state index contributed by atoms with van der Waals surface area (Å²) in [5.74, 6) is -1.70. The molecule has 6 heteroatoms. The predicted octanol–water partition coefficient (Wildman–Crippen LogP) is 3.92. The van der Waals surface area contributed by atoms with Crippen molar-refractivity contribution in [2.75, 3.05) is 10.6 Å². The molecule has 0 saturated heterocycles. The third-order valence-corrected chi connectivity index (χ3v) is 4.63. The minimum absolute atomic E-state index is 0.215. The number of fused-ring (bicyclic) bond motifs is 1. The van der Waals surface area contributed by atoms with Crippen molar-refractivity contribution in [1.82, 2.24) is 5.32 Å². The van der Waals surface area contributed by atoms with Gasteiger partial charge in [0.1, 0.15) is 0 Å². The van der Waals surface area contributed by atoms with E-state index < -0.39 is 11.8 Å². The van der Waals surface area contributed by atoms with Gasteiger partial charge in [0.25, 0.3) is 0 Å². The van der Waals surface area contributed by atoms with Crippen LogP contribution in [-0.2, 0) is 14.4 Å². The van der Waals surface area contributed by atoms with Crippen molar-refractivity contribution in [3.05, 3.63) is 71.8 Å². The van der Waals surface area contributed by atoms with Crippen molar-refractivity contribution in [3.63, 3.8) is 0 Å². The smallest absolute Gasteiger partial charge is 0.313 e. The molecule has 0 fully saturated rings. The molecule has 0 aliphatic rings. The second-order valence-electron chi connectivity index (χ2n) is 6.97. The Morgan fingerprint density at radius 2 is 1.55 bits per heavy atom. The maximum atomic E-state index is 12.4. The number of hydrogen-bond donors (Lipinski definition) is 3. The van der Waals surface area contributed by atoms with Crippen LogP contribution in [0.3, 0.4) is 0 Å². The third kappa shape index (κ3) is 4.99. The van der Waals surface area contributed by atoms with Crippen LogP contribution in [0.2, 0.25) is 0 Å². The number of carbonyl (C=O) groups is 3. The number of benzene rings is 3. The molecule has 29 heavy (non-hydrogen) atoms. The zero-order valence-corrected chi connectivity index (χ0v) is 16.6. The molecule has 0 saturated carbocycles. The van der Waals surface area contributed by atoms with Gasteiger partial charge in [-0.15, -0.1) is 0 Å². The summed E-state index contributed by atoms with van der Waals surface area (Å²) in [5.41, 5.74) is 2.70. The summed E-state index contributed by atoms with van der Waals surface area (Å²) in [6.45, 7) is 5.04. The molecule has 148 valence electrons. The van der Waals surface area contributed by atoms with Crippen LogP contribution in [0.4, 0.5) is 11.4 Å². The first-order valence-corrected chi connectivity index (χ1v) is 9.32. The quantitative estimate of drug-likeness (QED) is 0.591. The zero-order chi connectivity index (χ0) is 21.0. The average molecular weight is 389 g/mol. The van der Waals surface area contributed by atoms with E-state index in [9.17, 15) is 14.4 Å². The Morgan fingerprint density at radius 1 is 0.828 bits per heavy atom. The van der Waals surface area contributed by atoms with Gasteiger partial charge in [-0.05, 0) is 53.9 Å².